The second-order valence-corrected chi connectivity index (χ2v) is 11.2. The van der Waals surface area contributed by atoms with Crippen LogP contribution in [0.4, 0.5) is 0 Å². The normalized spacial score (nSPS) is 18.1. The summed E-state index contributed by atoms with van der Waals surface area (Å²) in [7, 11) is 0. The maximum Gasteiger partial charge on any atom is 0.134 e. The first-order valence-corrected chi connectivity index (χ1v) is 14.0. The van der Waals surface area contributed by atoms with Gasteiger partial charge in [-0.1, -0.05) is 80.1 Å². The third kappa shape index (κ3) is 6.61. The Hall–Kier alpha value is -2.10. The summed E-state index contributed by atoms with van der Waals surface area (Å²) in [6.07, 6.45) is 14.2. The molecule has 5 rings (SSSR count). The van der Waals surface area contributed by atoms with E-state index in [-0.39, 0.29) is 18.3 Å². The van der Waals surface area contributed by atoms with Crippen LogP contribution in [0.15, 0.2) is 54.7 Å². The number of para-hydroxylation sites is 1. The van der Waals surface area contributed by atoms with E-state index in [2.05, 4.69) is 71.5 Å². The number of nitrogens with zero attached hydrogens (tertiary/aromatic N) is 1. The van der Waals surface area contributed by atoms with Crippen molar-refractivity contribution in [2.24, 2.45) is 11.8 Å². The molecule has 4 heteroatoms. The van der Waals surface area contributed by atoms with Gasteiger partial charge in [-0.15, -0.1) is 12.4 Å². The molecule has 1 saturated heterocycles. The molecule has 2 heterocycles. The number of carbonyl (C=O) groups is 1. The van der Waals surface area contributed by atoms with Crippen LogP contribution in [0.2, 0.25) is 0 Å². The summed E-state index contributed by atoms with van der Waals surface area (Å²) in [4.78, 5) is 13.4. The zero-order chi connectivity index (χ0) is 24.0. The van der Waals surface area contributed by atoms with Gasteiger partial charge in [0.05, 0.1) is 0 Å². The Morgan fingerprint density at radius 2 is 1.75 bits per heavy atom. The number of nitrogens with one attached hydrogen (secondary N) is 1. The number of Topliss-reactive ketones (excluding diaryl/α,β-unsaturated/α-hetero) is 1. The summed E-state index contributed by atoms with van der Waals surface area (Å²) in [5.41, 5.74) is 5.19. The number of fused-ring (bicyclic) bond motifs is 1. The largest absolute Gasteiger partial charge is 0.347 e. The first-order chi connectivity index (χ1) is 17.2. The highest BCUT2D eigenvalue weighted by Crippen LogP contribution is 2.37. The smallest absolute Gasteiger partial charge is 0.134 e. The lowest BCUT2D eigenvalue weighted by atomic mass is 9.83. The average Bonchev–Trinajstić information content (AvgIpc) is 3.26. The second-order valence-electron chi connectivity index (χ2n) is 11.2. The maximum atomic E-state index is 13.4. The first-order valence-electron chi connectivity index (χ1n) is 14.0. The van der Waals surface area contributed by atoms with Gasteiger partial charge in [-0.3, -0.25) is 4.79 Å². The van der Waals surface area contributed by atoms with E-state index in [9.17, 15) is 4.79 Å². The van der Waals surface area contributed by atoms with Crippen LogP contribution in [-0.2, 0) is 11.3 Å². The third-order valence-electron chi connectivity index (χ3n) is 8.55. The molecule has 0 amide bonds. The molecule has 3 aromatic rings. The predicted octanol–water partition coefficient (Wildman–Crippen LogP) is 7.82. The van der Waals surface area contributed by atoms with E-state index in [1.165, 1.54) is 66.1 Å². The fraction of sp³-hybridized carbons (Fsp3) is 0.531. The van der Waals surface area contributed by atoms with E-state index in [0.29, 0.717) is 18.1 Å². The van der Waals surface area contributed by atoms with E-state index >= 15 is 0 Å². The molecular weight excluding hydrogens is 464 g/mol. The molecule has 1 atom stereocenters. The van der Waals surface area contributed by atoms with E-state index in [0.717, 1.165) is 44.8 Å². The Morgan fingerprint density at radius 1 is 0.972 bits per heavy atom. The second kappa shape index (κ2) is 12.9. The highest BCUT2D eigenvalue weighted by atomic mass is 35.5. The molecule has 2 aliphatic rings. The zero-order valence-electron chi connectivity index (χ0n) is 21.9. The third-order valence-corrected chi connectivity index (χ3v) is 8.55. The van der Waals surface area contributed by atoms with Crippen LogP contribution in [0.1, 0.15) is 86.8 Å². The minimum atomic E-state index is 0. The minimum absolute atomic E-state index is 0. The van der Waals surface area contributed by atoms with Crippen LogP contribution in [0, 0.1) is 18.8 Å². The molecule has 1 aliphatic carbocycles. The highest BCUT2D eigenvalue weighted by Gasteiger charge is 2.25. The van der Waals surface area contributed by atoms with Gasteiger partial charge in [0.2, 0.25) is 0 Å². The van der Waals surface area contributed by atoms with Gasteiger partial charge in [0.25, 0.3) is 0 Å². The summed E-state index contributed by atoms with van der Waals surface area (Å²) in [6, 6.07) is 17.7. The lowest BCUT2D eigenvalue weighted by Crippen LogP contribution is -2.29. The zero-order valence-corrected chi connectivity index (χ0v) is 22.7. The van der Waals surface area contributed by atoms with E-state index < -0.39 is 0 Å². The fourth-order valence-electron chi connectivity index (χ4n) is 6.55. The van der Waals surface area contributed by atoms with Gasteiger partial charge in [-0.2, -0.15) is 0 Å². The molecule has 0 spiro atoms. The van der Waals surface area contributed by atoms with Gasteiger partial charge < -0.3 is 9.88 Å². The average molecular weight is 507 g/mol. The summed E-state index contributed by atoms with van der Waals surface area (Å²) in [5, 5.41) is 4.75. The van der Waals surface area contributed by atoms with Gasteiger partial charge >= 0.3 is 0 Å². The number of ketones is 1. The van der Waals surface area contributed by atoms with Gasteiger partial charge in [-0.25, -0.2) is 0 Å². The van der Waals surface area contributed by atoms with Gasteiger partial charge in [0.15, 0.2) is 0 Å². The van der Waals surface area contributed by atoms with Crippen LogP contribution in [0.25, 0.3) is 10.9 Å². The lowest BCUT2D eigenvalue weighted by Gasteiger charge is -2.23. The maximum absolute atomic E-state index is 13.4. The SMILES string of the molecule is Cc1cccc(C(CC(=O)CC2CCNCC2)c2cn(CCC3CCCCC3)c3ccccc23)c1.Cl. The first kappa shape index (κ1) is 26.9. The van der Waals surface area contributed by atoms with Crippen molar-refractivity contribution in [2.45, 2.75) is 83.6 Å². The standard InChI is InChI=1S/C32H42N2O.ClH/c1-24-8-7-11-27(20-24)30(22-28(35)21-26-14-17-33-18-15-26)31-23-34(32-13-6-5-12-29(31)32)19-16-25-9-3-2-4-10-25;/h5-8,11-13,20,23,25-26,30,33H,2-4,9-10,14-19,21-22H2,1H3;1H. The van der Waals surface area contributed by atoms with Gasteiger partial charge in [-0.05, 0) is 68.3 Å². The number of hydrogen-bond acceptors (Lipinski definition) is 2. The molecule has 2 fully saturated rings. The molecule has 0 radical (unpaired) electrons. The van der Waals surface area contributed by atoms with E-state index in [1.807, 2.05) is 0 Å². The summed E-state index contributed by atoms with van der Waals surface area (Å²) >= 11 is 0. The van der Waals surface area contributed by atoms with Crippen molar-refractivity contribution in [1.82, 2.24) is 9.88 Å². The lowest BCUT2D eigenvalue weighted by molar-refractivity contribution is -0.120. The molecule has 3 nitrogen and oxygen atoms in total. The summed E-state index contributed by atoms with van der Waals surface area (Å²) in [6.45, 7) is 5.33. The number of rotatable bonds is 9. The number of aromatic nitrogens is 1. The van der Waals surface area contributed by atoms with Gasteiger partial charge in [0.1, 0.15) is 5.78 Å². The Bertz CT molecular complexity index is 1120. The van der Waals surface area contributed by atoms with Crippen LogP contribution >= 0.6 is 12.4 Å². The van der Waals surface area contributed by atoms with Crippen molar-refractivity contribution in [1.29, 1.82) is 0 Å². The summed E-state index contributed by atoms with van der Waals surface area (Å²) in [5.74, 6) is 1.94. The molecule has 1 saturated carbocycles. The molecule has 1 aromatic heterocycles. The van der Waals surface area contributed by atoms with Crippen molar-refractivity contribution in [3.63, 3.8) is 0 Å². The van der Waals surface area contributed by atoms with Crippen molar-refractivity contribution in [3.05, 3.63) is 71.4 Å². The molecule has 194 valence electrons. The van der Waals surface area contributed by atoms with Crippen LogP contribution in [0.3, 0.4) is 0 Å². The number of aryl methyl sites for hydroxylation is 2. The van der Waals surface area contributed by atoms with Gasteiger partial charge in [0, 0.05) is 42.4 Å². The van der Waals surface area contributed by atoms with Crippen molar-refractivity contribution >= 4 is 29.1 Å². The Labute approximate surface area is 223 Å². The number of halogens is 1. The number of hydrogen-bond donors (Lipinski definition) is 1. The quantitative estimate of drug-likeness (QED) is 0.321. The van der Waals surface area contributed by atoms with E-state index in [1.54, 1.807) is 0 Å². The number of carbonyl (C=O) groups excluding carboxylic acids is 1. The minimum Gasteiger partial charge on any atom is -0.347 e. The van der Waals surface area contributed by atoms with Crippen molar-refractivity contribution in [3.8, 4) is 0 Å². The van der Waals surface area contributed by atoms with Crippen molar-refractivity contribution in [2.75, 3.05) is 13.1 Å². The molecule has 1 unspecified atom stereocenters. The number of benzene rings is 2. The van der Waals surface area contributed by atoms with Crippen LogP contribution < -0.4 is 5.32 Å². The van der Waals surface area contributed by atoms with Crippen LogP contribution in [-0.4, -0.2) is 23.4 Å². The molecule has 0 bridgehead atoms. The Balaban J connectivity index is 0.00000304. The predicted molar refractivity (Wildman–Crippen MR) is 153 cm³/mol. The van der Waals surface area contributed by atoms with Crippen LogP contribution in [0.5, 0.6) is 0 Å². The monoisotopic (exact) mass is 506 g/mol. The summed E-state index contributed by atoms with van der Waals surface area (Å²) < 4.78 is 2.49. The fourth-order valence-corrected chi connectivity index (χ4v) is 6.55. The van der Waals surface area contributed by atoms with Crippen molar-refractivity contribution < 1.29 is 4.79 Å². The Kier molecular flexibility index (Phi) is 9.67. The molecule has 2 aromatic carbocycles. The molecular formula is C32H43ClN2O. The Morgan fingerprint density at radius 3 is 2.53 bits per heavy atom. The molecule has 1 N–H and O–H groups in total. The van der Waals surface area contributed by atoms with E-state index in [4.69, 9.17) is 0 Å². The molecule has 1 aliphatic heterocycles. The number of piperidine rings is 1. The topological polar surface area (TPSA) is 34.0 Å². The molecule has 36 heavy (non-hydrogen) atoms. The highest BCUT2D eigenvalue weighted by molar-refractivity contribution is 5.87.